The van der Waals surface area contributed by atoms with Gasteiger partial charge in [-0.2, -0.15) is 0 Å². The number of hydrogen-bond acceptors (Lipinski definition) is 3. The first kappa shape index (κ1) is 13.9. The molecule has 2 unspecified atom stereocenters. The van der Waals surface area contributed by atoms with Gasteiger partial charge in [0.1, 0.15) is 0 Å². The van der Waals surface area contributed by atoms with Crippen molar-refractivity contribution in [3.05, 3.63) is 0 Å². The van der Waals surface area contributed by atoms with Crippen molar-refractivity contribution in [2.24, 2.45) is 5.92 Å². The van der Waals surface area contributed by atoms with Crippen molar-refractivity contribution in [3.8, 4) is 0 Å². The lowest BCUT2D eigenvalue weighted by Gasteiger charge is -2.28. The summed E-state index contributed by atoms with van der Waals surface area (Å²) in [6, 6.07) is 0.525. The third-order valence-electron chi connectivity index (χ3n) is 3.76. The highest BCUT2D eigenvalue weighted by Crippen LogP contribution is 2.27. The molecule has 1 saturated carbocycles. The molecular weight excluding hydrogens is 202 g/mol. The summed E-state index contributed by atoms with van der Waals surface area (Å²) in [6.45, 7) is 5.39. The summed E-state index contributed by atoms with van der Waals surface area (Å²) < 4.78 is 5.00. The molecule has 0 aromatic heterocycles. The number of methoxy groups -OCH3 is 1. The average molecular weight is 229 g/mol. The Morgan fingerprint density at radius 3 is 2.62 bits per heavy atom. The first-order valence-electron chi connectivity index (χ1n) is 6.50. The molecule has 0 saturated heterocycles. The molecule has 1 aliphatic carbocycles. The molecule has 3 heteroatoms. The zero-order valence-electron chi connectivity index (χ0n) is 11.0. The van der Waals surface area contributed by atoms with Crippen LogP contribution >= 0.6 is 0 Å². The average Bonchev–Trinajstić information content (AvgIpc) is 2.77. The maximum atomic E-state index is 10.1. The van der Waals surface area contributed by atoms with Gasteiger partial charge in [0.2, 0.25) is 0 Å². The molecule has 1 aliphatic rings. The van der Waals surface area contributed by atoms with Gasteiger partial charge < -0.3 is 15.2 Å². The van der Waals surface area contributed by atoms with Gasteiger partial charge in [-0.05, 0) is 32.6 Å². The van der Waals surface area contributed by atoms with Crippen LogP contribution in [0.4, 0.5) is 0 Å². The van der Waals surface area contributed by atoms with E-state index >= 15 is 0 Å². The quantitative estimate of drug-likeness (QED) is 0.701. The van der Waals surface area contributed by atoms with Gasteiger partial charge in [-0.15, -0.1) is 0 Å². The zero-order chi connectivity index (χ0) is 12.0. The van der Waals surface area contributed by atoms with E-state index in [1.807, 2.05) is 6.92 Å². The third-order valence-corrected chi connectivity index (χ3v) is 3.76. The Labute approximate surface area is 99.6 Å². The highest BCUT2D eigenvalue weighted by Gasteiger charge is 2.25. The molecule has 0 aromatic rings. The number of hydrogen-bond donors (Lipinski definition) is 2. The van der Waals surface area contributed by atoms with Crippen LogP contribution in [-0.4, -0.2) is 37.0 Å². The van der Waals surface area contributed by atoms with Crippen LogP contribution in [0.1, 0.15) is 46.0 Å². The maximum Gasteiger partial charge on any atom is 0.0765 e. The summed E-state index contributed by atoms with van der Waals surface area (Å²) in [5.41, 5.74) is -0.650. The van der Waals surface area contributed by atoms with Crippen molar-refractivity contribution in [1.82, 2.24) is 5.32 Å². The SMILES string of the molecule is COCCC(C)(O)CNC(C)C1CCCC1. The lowest BCUT2D eigenvalue weighted by Crippen LogP contribution is -2.44. The van der Waals surface area contributed by atoms with E-state index in [-0.39, 0.29) is 0 Å². The standard InChI is InChI=1S/C13H27NO2/c1-11(12-6-4-5-7-12)14-10-13(2,15)8-9-16-3/h11-12,14-15H,4-10H2,1-3H3. The molecule has 3 nitrogen and oxygen atoms in total. The van der Waals surface area contributed by atoms with Crippen LogP contribution in [-0.2, 0) is 4.74 Å². The first-order chi connectivity index (χ1) is 7.55. The fraction of sp³-hybridized carbons (Fsp3) is 1.00. The molecule has 0 radical (unpaired) electrons. The van der Waals surface area contributed by atoms with E-state index in [2.05, 4.69) is 12.2 Å². The minimum absolute atomic E-state index is 0.525. The third kappa shape index (κ3) is 4.81. The zero-order valence-corrected chi connectivity index (χ0v) is 11.0. The Morgan fingerprint density at radius 1 is 1.44 bits per heavy atom. The van der Waals surface area contributed by atoms with Crippen LogP contribution in [0, 0.1) is 5.92 Å². The molecule has 0 heterocycles. The van der Waals surface area contributed by atoms with Crippen LogP contribution in [0.2, 0.25) is 0 Å². The molecule has 2 N–H and O–H groups in total. The maximum absolute atomic E-state index is 10.1. The molecule has 0 amide bonds. The Kier molecular flexibility index (Phi) is 5.73. The minimum Gasteiger partial charge on any atom is -0.389 e. The van der Waals surface area contributed by atoms with Crippen molar-refractivity contribution in [3.63, 3.8) is 0 Å². The van der Waals surface area contributed by atoms with Crippen LogP contribution in [0.3, 0.4) is 0 Å². The molecule has 2 atom stereocenters. The molecule has 0 aliphatic heterocycles. The lowest BCUT2D eigenvalue weighted by molar-refractivity contribution is 0.0217. The largest absolute Gasteiger partial charge is 0.389 e. The molecule has 1 fully saturated rings. The normalized spacial score (nSPS) is 23.2. The molecule has 0 bridgehead atoms. The molecule has 0 spiro atoms. The van der Waals surface area contributed by atoms with Crippen LogP contribution < -0.4 is 5.32 Å². The van der Waals surface area contributed by atoms with Gasteiger partial charge in [-0.1, -0.05) is 12.8 Å². The summed E-state index contributed by atoms with van der Waals surface area (Å²) in [4.78, 5) is 0. The van der Waals surface area contributed by atoms with Crippen molar-refractivity contribution in [2.75, 3.05) is 20.3 Å². The smallest absolute Gasteiger partial charge is 0.0765 e. The summed E-state index contributed by atoms with van der Waals surface area (Å²) in [5.74, 6) is 0.804. The first-order valence-corrected chi connectivity index (χ1v) is 6.50. The van der Waals surface area contributed by atoms with Crippen molar-refractivity contribution in [2.45, 2.75) is 57.6 Å². The Bertz CT molecular complexity index is 188. The fourth-order valence-corrected chi connectivity index (χ4v) is 2.42. The number of ether oxygens (including phenoxy) is 1. The van der Waals surface area contributed by atoms with Gasteiger partial charge in [0.25, 0.3) is 0 Å². The van der Waals surface area contributed by atoms with Gasteiger partial charge in [-0.3, -0.25) is 0 Å². The van der Waals surface area contributed by atoms with E-state index in [1.165, 1.54) is 25.7 Å². The van der Waals surface area contributed by atoms with E-state index in [0.29, 0.717) is 25.6 Å². The molecule has 16 heavy (non-hydrogen) atoms. The monoisotopic (exact) mass is 229 g/mol. The fourth-order valence-electron chi connectivity index (χ4n) is 2.42. The van der Waals surface area contributed by atoms with Gasteiger partial charge in [0, 0.05) is 32.7 Å². The van der Waals surface area contributed by atoms with Gasteiger partial charge in [0.05, 0.1) is 5.60 Å². The minimum atomic E-state index is -0.650. The summed E-state index contributed by atoms with van der Waals surface area (Å²) in [5, 5.41) is 13.6. The molecule has 1 rings (SSSR count). The van der Waals surface area contributed by atoms with Crippen LogP contribution in [0.15, 0.2) is 0 Å². The van der Waals surface area contributed by atoms with E-state index in [4.69, 9.17) is 4.74 Å². The summed E-state index contributed by atoms with van der Waals surface area (Å²) in [6.07, 6.45) is 6.12. The van der Waals surface area contributed by atoms with E-state index in [1.54, 1.807) is 7.11 Å². The molecular formula is C13H27NO2. The van der Waals surface area contributed by atoms with E-state index in [0.717, 1.165) is 5.92 Å². The van der Waals surface area contributed by atoms with Crippen LogP contribution in [0.25, 0.3) is 0 Å². The number of nitrogens with one attached hydrogen (secondary N) is 1. The molecule has 96 valence electrons. The van der Waals surface area contributed by atoms with Gasteiger partial charge in [0.15, 0.2) is 0 Å². The number of aliphatic hydroxyl groups is 1. The Hall–Kier alpha value is -0.120. The second kappa shape index (κ2) is 6.58. The summed E-state index contributed by atoms with van der Waals surface area (Å²) >= 11 is 0. The van der Waals surface area contributed by atoms with Crippen LogP contribution in [0.5, 0.6) is 0 Å². The van der Waals surface area contributed by atoms with Gasteiger partial charge >= 0.3 is 0 Å². The second-order valence-corrected chi connectivity index (χ2v) is 5.45. The highest BCUT2D eigenvalue weighted by molar-refractivity contribution is 4.82. The van der Waals surface area contributed by atoms with E-state index in [9.17, 15) is 5.11 Å². The number of rotatable bonds is 7. The van der Waals surface area contributed by atoms with Crippen molar-refractivity contribution < 1.29 is 9.84 Å². The Balaban J connectivity index is 2.21. The predicted octanol–water partition coefficient (Wildman–Crippen LogP) is 1.94. The Morgan fingerprint density at radius 2 is 2.06 bits per heavy atom. The predicted molar refractivity (Wildman–Crippen MR) is 66.5 cm³/mol. The topological polar surface area (TPSA) is 41.5 Å². The van der Waals surface area contributed by atoms with E-state index < -0.39 is 5.60 Å². The lowest BCUT2D eigenvalue weighted by atomic mass is 9.97. The molecule has 0 aromatic carbocycles. The van der Waals surface area contributed by atoms with Gasteiger partial charge in [-0.25, -0.2) is 0 Å². The van der Waals surface area contributed by atoms with Crippen molar-refractivity contribution in [1.29, 1.82) is 0 Å². The second-order valence-electron chi connectivity index (χ2n) is 5.45. The highest BCUT2D eigenvalue weighted by atomic mass is 16.5. The van der Waals surface area contributed by atoms with Crippen molar-refractivity contribution >= 4 is 0 Å². The summed E-state index contributed by atoms with van der Waals surface area (Å²) in [7, 11) is 1.67.